The molecule has 1 fully saturated rings. The Hall–Kier alpha value is -3.83. The van der Waals surface area contributed by atoms with E-state index < -0.39 is 35.5 Å². The SMILES string of the molecule is Cc1nc(N[C@H](C)c2cccc(C(F)F)c2F)c2cc(N3CCN(C(=O)OC(C)(C)C)CC3)c(=O)[nH]c2n1. The van der Waals surface area contributed by atoms with E-state index in [4.69, 9.17) is 4.74 Å². The predicted octanol–water partition coefficient (Wildman–Crippen LogP) is 4.93. The van der Waals surface area contributed by atoms with Gasteiger partial charge in [0.05, 0.1) is 17.0 Å². The van der Waals surface area contributed by atoms with E-state index >= 15 is 0 Å². The number of carbonyl (C=O) groups excluding carboxylic acids is 1. The summed E-state index contributed by atoms with van der Waals surface area (Å²) in [5, 5.41) is 3.58. The maximum Gasteiger partial charge on any atom is 0.410 e. The molecule has 1 atom stereocenters. The highest BCUT2D eigenvalue weighted by Crippen LogP contribution is 2.30. The first-order valence-corrected chi connectivity index (χ1v) is 12.3. The number of nitrogens with zero attached hydrogens (tertiary/aromatic N) is 4. The third-order valence-electron chi connectivity index (χ3n) is 6.19. The zero-order valence-corrected chi connectivity index (χ0v) is 21.9. The highest BCUT2D eigenvalue weighted by molar-refractivity contribution is 5.89. The molecule has 9 nitrogen and oxygen atoms in total. The Morgan fingerprint density at radius 1 is 1.13 bits per heavy atom. The van der Waals surface area contributed by atoms with E-state index in [0.717, 1.165) is 6.07 Å². The third-order valence-corrected chi connectivity index (χ3v) is 6.19. The standard InChI is InChI=1S/C26H31F3N6O3/c1-14(16-7-6-8-17(20(16)27)21(28)29)30-22-18-13-19(24(36)33-23(18)32-15(2)31-22)34-9-11-35(12-10-34)25(37)38-26(3,4)5/h6-8,13-14,21H,9-12H2,1-5H3,(H2,30,31,32,33,36)/t14-/m1/s1. The van der Waals surface area contributed by atoms with Crippen LogP contribution in [-0.2, 0) is 4.74 Å². The fraction of sp³-hybridized carbons (Fsp3) is 0.462. The minimum absolute atomic E-state index is 0.0649. The van der Waals surface area contributed by atoms with Crippen molar-refractivity contribution < 1.29 is 22.7 Å². The van der Waals surface area contributed by atoms with Crippen LogP contribution in [-0.4, -0.2) is 57.7 Å². The van der Waals surface area contributed by atoms with Crippen molar-refractivity contribution in [1.82, 2.24) is 19.9 Å². The summed E-state index contributed by atoms with van der Waals surface area (Å²) in [7, 11) is 0. The molecule has 0 spiro atoms. The Morgan fingerprint density at radius 3 is 2.42 bits per heavy atom. The largest absolute Gasteiger partial charge is 0.444 e. The molecule has 38 heavy (non-hydrogen) atoms. The number of carbonyl (C=O) groups is 1. The van der Waals surface area contributed by atoms with Gasteiger partial charge in [-0.15, -0.1) is 0 Å². The van der Waals surface area contributed by atoms with Crippen molar-refractivity contribution in [1.29, 1.82) is 0 Å². The second kappa shape index (κ2) is 10.5. The van der Waals surface area contributed by atoms with Gasteiger partial charge in [-0.1, -0.05) is 18.2 Å². The summed E-state index contributed by atoms with van der Waals surface area (Å²) in [5.74, 6) is -0.287. The molecule has 204 valence electrons. The van der Waals surface area contributed by atoms with Gasteiger partial charge in [-0.25, -0.2) is 27.9 Å². The number of piperazine rings is 1. The first-order valence-electron chi connectivity index (χ1n) is 12.3. The van der Waals surface area contributed by atoms with Crippen molar-refractivity contribution in [3.05, 3.63) is 57.4 Å². The number of rotatable bonds is 5. The lowest BCUT2D eigenvalue weighted by Crippen LogP contribution is -2.51. The average Bonchev–Trinajstić information content (AvgIpc) is 2.82. The van der Waals surface area contributed by atoms with Gasteiger partial charge in [0.1, 0.15) is 34.4 Å². The molecule has 3 aromatic rings. The number of ether oxygens (including phenoxy) is 1. The zero-order valence-electron chi connectivity index (χ0n) is 21.9. The molecule has 0 aliphatic carbocycles. The number of aromatic amines is 1. The van der Waals surface area contributed by atoms with Gasteiger partial charge in [0.15, 0.2) is 0 Å². The van der Waals surface area contributed by atoms with Crippen molar-refractivity contribution in [2.24, 2.45) is 0 Å². The average molecular weight is 533 g/mol. The molecule has 2 N–H and O–H groups in total. The molecule has 1 amide bonds. The summed E-state index contributed by atoms with van der Waals surface area (Å²) in [6, 6.07) is 4.82. The van der Waals surface area contributed by atoms with Crippen LogP contribution < -0.4 is 15.8 Å². The molecule has 1 aliphatic heterocycles. The summed E-state index contributed by atoms with van der Waals surface area (Å²) in [6.45, 7) is 10.3. The van der Waals surface area contributed by atoms with E-state index in [1.165, 1.54) is 12.1 Å². The zero-order chi connectivity index (χ0) is 27.8. The first-order chi connectivity index (χ1) is 17.8. The molecule has 12 heteroatoms. The number of pyridine rings is 1. The number of amides is 1. The number of anilines is 2. The summed E-state index contributed by atoms with van der Waals surface area (Å²) >= 11 is 0. The number of hydrogen-bond donors (Lipinski definition) is 2. The van der Waals surface area contributed by atoms with E-state index in [1.807, 2.05) is 4.90 Å². The number of aryl methyl sites for hydroxylation is 1. The molecule has 4 rings (SSSR count). The summed E-state index contributed by atoms with van der Waals surface area (Å²) < 4.78 is 46.6. The van der Waals surface area contributed by atoms with Gasteiger partial charge in [-0.05, 0) is 40.7 Å². The molecule has 2 aromatic heterocycles. The molecule has 3 heterocycles. The molecule has 0 bridgehead atoms. The van der Waals surface area contributed by atoms with E-state index in [1.54, 1.807) is 45.6 Å². The van der Waals surface area contributed by atoms with Gasteiger partial charge in [0.2, 0.25) is 0 Å². The minimum atomic E-state index is -2.94. The first kappa shape index (κ1) is 27.2. The number of halogens is 3. The van der Waals surface area contributed by atoms with E-state index in [9.17, 15) is 22.8 Å². The van der Waals surface area contributed by atoms with Gasteiger partial charge in [-0.3, -0.25) is 4.79 Å². The fourth-order valence-electron chi connectivity index (χ4n) is 4.34. The molecule has 0 unspecified atom stereocenters. The number of aromatic nitrogens is 3. The Bertz CT molecular complexity index is 1400. The molecule has 1 aliphatic rings. The van der Waals surface area contributed by atoms with Gasteiger partial charge >= 0.3 is 6.09 Å². The van der Waals surface area contributed by atoms with Gasteiger partial charge in [0, 0.05) is 31.7 Å². The lowest BCUT2D eigenvalue weighted by atomic mass is 10.0. The number of fused-ring (bicyclic) bond motifs is 1. The normalized spacial score (nSPS) is 15.2. The number of H-pyrrole nitrogens is 1. The Labute approximate surface area is 218 Å². The summed E-state index contributed by atoms with van der Waals surface area (Å²) in [6.07, 6.45) is -3.34. The van der Waals surface area contributed by atoms with Crippen LogP contribution in [0, 0.1) is 12.7 Å². The van der Waals surface area contributed by atoms with Crippen molar-refractivity contribution in [3.63, 3.8) is 0 Å². The van der Waals surface area contributed by atoms with Crippen LogP contribution in [0.4, 0.5) is 29.5 Å². The lowest BCUT2D eigenvalue weighted by molar-refractivity contribution is 0.0240. The van der Waals surface area contributed by atoms with Crippen LogP contribution in [0.25, 0.3) is 11.0 Å². The molecular weight excluding hydrogens is 501 g/mol. The second-order valence-corrected chi connectivity index (χ2v) is 10.2. The molecule has 0 radical (unpaired) electrons. The van der Waals surface area contributed by atoms with Crippen molar-refractivity contribution in [3.8, 4) is 0 Å². The van der Waals surface area contributed by atoms with E-state index in [2.05, 4.69) is 20.3 Å². The quantitative estimate of drug-likeness (QED) is 0.480. The van der Waals surface area contributed by atoms with Crippen LogP contribution in [0.3, 0.4) is 0 Å². The van der Waals surface area contributed by atoms with Gasteiger partial charge in [-0.2, -0.15) is 0 Å². The molecule has 1 saturated heterocycles. The van der Waals surface area contributed by atoms with Crippen LogP contribution >= 0.6 is 0 Å². The number of hydrogen-bond acceptors (Lipinski definition) is 7. The summed E-state index contributed by atoms with van der Waals surface area (Å²) in [5.41, 5.74) is -0.903. The van der Waals surface area contributed by atoms with Crippen molar-refractivity contribution in [2.45, 2.75) is 52.7 Å². The van der Waals surface area contributed by atoms with Crippen molar-refractivity contribution in [2.75, 3.05) is 36.4 Å². The molecular formula is C26H31F3N6O3. The molecule has 1 aromatic carbocycles. The van der Waals surface area contributed by atoms with Crippen LogP contribution in [0.2, 0.25) is 0 Å². The van der Waals surface area contributed by atoms with Crippen LogP contribution in [0.1, 0.15) is 57.1 Å². The van der Waals surface area contributed by atoms with Gasteiger partial charge in [0.25, 0.3) is 12.0 Å². The van der Waals surface area contributed by atoms with Crippen molar-refractivity contribution >= 4 is 28.6 Å². The highest BCUT2D eigenvalue weighted by atomic mass is 19.3. The summed E-state index contributed by atoms with van der Waals surface area (Å²) in [4.78, 5) is 40.3. The minimum Gasteiger partial charge on any atom is -0.444 e. The monoisotopic (exact) mass is 532 g/mol. The predicted molar refractivity (Wildman–Crippen MR) is 138 cm³/mol. The number of nitrogens with one attached hydrogen (secondary N) is 2. The third kappa shape index (κ3) is 5.84. The Balaban J connectivity index is 1.61. The number of benzene rings is 1. The Morgan fingerprint density at radius 2 is 1.79 bits per heavy atom. The lowest BCUT2D eigenvalue weighted by Gasteiger charge is -2.36. The Kier molecular flexibility index (Phi) is 7.52. The maximum absolute atomic E-state index is 14.8. The highest BCUT2D eigenvalue weighted by Gasteiger charge is 2.27. The number of alkyl halides is 2. The van der Waals surface area contributed by atoms with Gasteiger partial charge < -0.3 is 24.8 Å². The van der Waals surface area contributed by atoms with Crippen LogP contribution in [0.15, 0.2) is 29.1 Å². The molecule has 0 saturated carbocycles. The second-order valence-electron chi connectivity index (χ2n) is 10.2. The smallest absolute Gasteiger partial charge is 0.410 e. The van der Waals surface area contributed by atoms with E-state index in [-0.39, 0.29) is 16.8 Å². The fourth-order valence-corrected chi connectivity index (χ4v) is 4.34. The van der Waals surface area contributed by atoms with E-state index in [0.29, 0.717) is 48.9 Å². The maximum atomic E-state index is 14.8. The van der Waals surface area contributed by atoms with Crippen LogP contribution in [0.5, 0.6) is 0 Å². The topological polar surface area (TPSA) is 103 Å².